The van der Waals surface area contributed by atoms with E-state index in [1.165, 1.54) is 38.1 Å². The summed E-state index contributed by atoms with van der Waals surface area (Å²) in [5, 5.41) is 6.12. The molecule has 224 valence electrons. The van der Waals surface area contributed by atoms with E-state index in [1.807, 2.05) is 12.1 Å². The Morgan fingerprint density at radius 2 is 0.792 bits per heavy atom. The highest BCUT2D eigenvalue weighted by molar-refractivity contribution is 6.22. The molecule has 0 spiro atoms. The Labute approximate surface area is 279 Å². The maximum atomic E-state index is 5.18. The van der Waals surface area contributed by atoms with Gasteiger partial charge in [-0.1, -0.05) is 164 Å². The monoisotopic (exact) mass is 610 g/mol. The predicted octanol–water partition coefficient (Wildman–Crippen LogP) is 12.3. The van der Waals surface area contributed by atoms with Crippen molar-refractivity contribution >= 4 is 32.4 Å². The highest BCUT2D eigenvalue weighted by Gasteiger charge is 2.14. The van der Waals surface area contributed by atoms with E-state index in [2.05, 4.69) is 170 Å². The number of benzene rings is 7. The fraction of sp³-hybridized carbons (Fsp3) is 0. The smallest absolute Gasteiger partial charge is 0.0788 e. The van der Waals surface area contributed by atoms with Crippen LogP contribution in [0.5, 0.6) is 0 Å². The van der Waals surface area contributed by atoms with Crippen LogP contribution >= 0.6 is 0 Å². The fourth-order valence-electron chi connectivity index (χ4n) is 6.83. The Kier molecular flexibility index (Phi) is 6.84. The van der Waals surface area contributed by atoms with Gasteiger partial charge in [0.15, 0.2) is 0 Å². The maximum Gasteiger partial charge on any atom is 0.0788 e. The van der Waals surface area contributed by atoms with Crippen LogP contribution in [0, 0.1) is 0 Å². The average Bonchev–Trinajstić information content (AvgIpc) is 3.18. The molecule has 0 amide bonds. The molecule has 0 fully saturated rings. The minimum Gasteiger partial charge on any atom is -0.248 e. The Balaban J connectivity index is 1.08. The van der Waals surface area contributed by atoms with E-state index in [0.717, 1.165) is 50.4 Å². The van der Waals surface area contributed by atoms with Gasteiger partial charge in [0.1, 0.15) is 0 Å². The molecule has 0 unspecified atom stereocenters. The van der Waals surface area contributed by atoms with Crippen LogP contribution in [-0.4, -0.2) is 9.97 Å². The lowest BCUT2D eigenvalue weighted by molar-refractivity contribution is 1.32. The summed E-state index contributed by atoms with van der Waals surface area (Å²) in [5.41, 5.74) is 11.9. The third-order valence-electron chi connectivity index (χ3n) is 9.26. The summed E-state index contributed by atoms with van der Waals surface area (Å²) in [6.07, 6.45) is 0. The summed E-state index contributed by atoms with van der Waals surface area (Å²) < 4.78 is 0. The molecule has 0 saturated heterocycles. The van der Waals surface area contributed by atoms with Crippen molar-refractivity contribution in [2.45, 2.75) is 0 Å². The molecule has 2 heterocycles. The number of hydrogen-bond acceptors (Lipinski definition) is 2. The second-order valence-corrected chi connectivity index (χ2v) is 12.2. The molecule has 48 heavy (non-hydrogen) atoms. The van der Waals surface area contributed by atoms with Crippen molar-refractivity contribution in [3.8, 4) is 56.0 Å². The molecule has 7 aromatic carbocycles. The molecule has 0 saturated carbocycles. The van der Waals surface area contributed by atoms with Crippen molar-refractivity contribution in [1.82, 2.24) is 9.97 Å². The predicted molar refractivity (Wildman–Crippen MR) is 202 cm³/mol. The third kappa shape index (κ3) is 5.01. The lowest BCUT2D eigenvalue weighted by Crippen LogP contribution is -1.91. The molecule has 2 nitrogen and oxygen atoms in total. The topological polar surface area (TPSA) is 25.8 Å². The van der Waals surface area contributed by atoms with Gasteiger partial charge in [-0.15, -0.1) is 0 Å². The largest absolute Gasteiger partial charge is 0.248 e. The Morgan fingerprint density at radius 3 is 1.42 bits per heavy atom. The van der Waals surface area contributed by atoms with Gasteiger partial charge in [0.2, 0.25) is 0 Å². The summed E-state index contributed by atoms with van der Waals surface area (Å²) in [6.45, 7) is 0. The van der Waals surface area contributed by atoms with Crippen molar-refractivity contribution in [3.05, 3.63) is 182 Å². The van der Waals surface area contributed by atoms with E-state index in [9.17, 15) is 0 Å². The molecule has 0 aliphatic carbocycles. The van der Waals surface area contributed by atoms with Crippen LogP contribution in [-0.2, 0) is 0 Å². The van der Waals surface area contributed by atoms with Crippen LogP contribution in [0.1, 0.15) is 0 Å². The van der Waals surface area contributed by atoms with Gasteiger partial charge in [0.25, 0.3) is 0 Å². The number of nitrogens with zero attached hydrogens (tertiary/aromatic N) is 2. The molecule has 9 aromatic rings. The second kappa shape index (κ2) is 11.8. The number of pyridine rings is 2. The van der Waals surface area contributed by atoms with Crippen molar-refractivity contribution < 1.29 is 0 Å². The zero-order valence-corrected chi connectivity index (χ0v) is 26.2. The summed E-state index contributed by atoms with van der Waals surface area (Å²) >= 11 is 0. The van der Waals surface area contributed by atoms with Crippen LogP contribution in [0.25, 0.3) is 88.5 Å². The van der Waals surface area contributed by atoms with Gasteiger partial charge < -0.3 is 0 Å². The second-order valence-electron chi connectivity index (χ2n) is 12.2. The number of hydrogen-bond donors (Lipinski definition) is 0. The number of aromatic nitrogens is 2. The Morgan fingerprint density at radius 1 is 0.292 bits per heavy atom. The van der Waals surface area contributed by atoms with E-state index >= 15 is 0 Å². The number of fused-ring (bicyclic) bond motifs is 5. The average molecular weight is 611 g/mol. The van der Waals surface area contributed by atoms with Crippen LogP contribution in [0.2, 0.25) is 0 Å². The first-order valence-corrected chi connectivity index (χ1v) is 16.3. The van der Waals surface area contributed by atoms with Crippen molar-refractivity contribution in [2.75, 3.05) is 0 Å². The SMILES string of the molecule is c1ccc(-c2cc(-c3ccc(-c4ccc(-c5nc6ccccc6c6c5ccc5ccccc56)cc4)cc3)cc(-c3ccccc3)n2)cc1. The zero-order chi connectivity index (χ0) is 31.9. The van der Waals surface area contributed by atoms with Crippen molar-refractivity contribution in [2.24, 2.45) is 0 Å². The van der Waals surface area contributed by atoms with E-state index < -0.39 is 0 Å². The van der Waals surface area contributed by atoms with E-state index in [4.69, 9.17) is 9.97 Å². The molecule has 0 N–H and O–H groups in total. The molecular weight excluding hydrogens is 581 g/mol. The molecular formula is C46H30N2. The van der Waals surface area contributed by atoms with Gasteiger partial charge in [0.05, 0.1) is 22.6 Å². The lowest BCUT2D eigenvalue weighted by atomic mass is 9.94. The molecule has 2 heteroatoms. The highest BCUT2D eigenvalue weighted by Crippen LogP contribution is 2.38. The van der Waals surface area contributed by atoms with Gasteiger partial charge in [-0.2, -0.15) is 0 Å². The Bertz CT molecular complexity index is 2500. The molecule has 2 aromatic heterocycles. The minimum atomic E-state index is 0.967. The summed E-state index contributed by atoms with van der Waals surface area (Å²) in [7, 11) is 0. The lowest BCUT2D eigenvalue weighted by Gasteiger charge is -2.13. The number of rotatable bonds is 5. The molecule has 0 radical (unpaired) electrons. The standard InChI is InChI=1S/C46H30N2/c1-3-12-35(13-4-1)43-29-38(30-44(47-43)36-14-5-2-6-15-36)33-21-19-31(20-22-33)32-23-25-37(26-24-32)46-41-28-27-34-11-7-8-16-39(34)45(41)40-17-9-10-18-42(40)48-46/h1-30H. The first kappa shape index (κ1) is 27.9. The van der Waals surface area contributed by atoms with Crippen molar-refractivity contribution in [1.29, 1.82) is 0 Å². The fourth-order valence-corrected chi connectivity index (χ4v) is 6.83. The maximum absolute atomic E-state index is 5.18. The van der Waals surface area contributed by atoms with E-state index in [0.29, 0.717) is 0 Å². The van der Waals surface area contributed by atoms with Crippen LogP contribution in [0.3, 0.4) is 0 Å². The van der Waals surface area contributed by atoms with Crippen LogP contribution in [0.4, 0.5) is 0 Å². The minimum absolute atomic E-state index is 0.967. The van der Waals surface area contributed by atoms with Gasteiger partial charge >= 0.3 is 0 Å². The van der Waals surface area contributed by atoms with Gasteiger partial charge in [0, 0.05) is 32.8 Å². The van der Waals surface area contributed by atoms with E-state index in [1.54, 1.807) is 0 Å². The molecule has 9 rings (SSSR count). The third-order valence-corrected chi connectivity index (χ3v) is 9.26. The molecule has 0 aliphatic heterocycles. The van der Waals surface area contributed by atoms with Crippen LogP contribution in [0.15, 0.2) is 182 Å². The quantitative estimate of drug-likeness (QED) is 0.181. The zero-order valence-electron chi connectivity index (χ0n) is 26.2. The first-order chi connectivity index (χ1) is 23.8. The summed E-state index contributed by atoms with van der Waals surface area (Å²) in [5.74, 6) is 0. The summed E-state index contributed by atoms with van der Waals surface area (Å²) in [4.78, 5) is 10.2. The molecule has 0 atom stereocenters. The van der Waals surface area contributed by atoms with Gasteiger partial charge in [-0.25, -0.2) is 9.97 Å². The highest BCUT2D eigenvalue weighted by atomic mass is 14.7. The van der Waals surface area contributed by atoms with Gasteiger partial charge in [-0.3, -0.25) is 0 Å². The van der Waals surface area contributed by atoms with Crippen molar-refractivity contribution in [3.63, 3.8) is 0 Å². The Hall–Kier alpha value is -6.38. The summed E-state index contributed by atoms with van der Waals surface area (Å²) in [6, 6.07) is 64.4. The molecule has 0 bridgehead atoms. The van der Waals surface area contributed by atoms with Gasteiger partial charge in [-0.05, 0) is 51.2 Å². The van der Waals surface area contributed by atoms with E-state index in [-0.39, 0.29) is 0 Å². The first-order valence-electron chi connectivity index (χ1n) is 16.3. The molecule has 0 aliphatic rings. The normalized spacial score (nSPS) is 11.3. The van der Waals surface area contributed by atoms with Crippen LogP contribution < -0.4 is 0 Å². The number of para-hydroxylation sites is 1.